The summed E-state index contributed by atoms with van der Waals surface area (Å²) in [5.41, 5.74) is 3.23. The van der Waals surface area contributed by atoms with Crippen LogP contribution in [0.4, 0.5) is 0 Å². The molecule has 0 spiro atoms. The molecular formula is C20H22ClN3O5S. The number of hydrogen-bond acceptors (Lipinski definition) is 5. The van der Waals surface area contributed by atoms with Crippen LogP contribution in [-0.2, 0) is 19.6 Å². The van der Waals surface area contributed by atoms with E-state index < -0.39 is 22.0 Å². The maximum atomic E-state index is 13.2. The van der Waals surface area contributed by atoms with Gasteiger partial charge in [0.05, 0.1) is 4.90 Å². The highest BCUT2D eigenvalue weighted by Gasteiger charge is 2.40. The lowest BCUT2D eigenvalue weighted by molar-refractivity contribution is -0.134. The molecule has 0 aliphatic carbocycles. The molecule has 2 amide bonds. The molecule has 1 aliphatic heterocycles. The van der Waals surface area contributed by atoms with Crippen molar-refractivity contribution in [3.8, 4) is 11.1 Å². The fourth-order valence-electron chi connectivity index (χ4n) is 3.56. The molecule has 2 aromatic rings. The van der Waals surface area contributed by atoms with Gasteiger partial charge in [0, 0.05) is 24.5 Å². The molecule has 1 saturated heterocycles. The van der Waals surface area contributed by atoms with Crippen molar-refractivity contribution in [2.24, 2.45) is 0 Å². The largest absolute Gasteiger partial charge is 0.353 e. The summed E-state index contributed by atoms with van der Waals surface area (Å²) >= 11 is 5.90. The molecule has 10 heteroatoms. The minimum absolute atomic E-state index is 0.0320. The Balaban J connectivity index is 1.86. The zero-order chi connectivity index (χ0) is 21.9. The molecule has 0 saturated carbocycles. The first kappa shape index (κ1) is 22.2. The fourth-order valence-corrected chi connectivity index (χ4v) is 5.30. The summed E-state index contributed by atoms with van der Waals surface area (Å²) in [5.74, 6) is -1.11. The predicted molar refractivity (Wildman–Crippen MR) is 111 cm³/mol. The van der Waals surface area contributed by atoms with Gasteiger partial charge in [-0.15, -0.1) is 0 Å². The second-order valence-corrected chi connectivity index (χ2v) is 9.39. The highest BCUT2D eigenvalue weighted by molar-refractivity contribution is 7.89. The van der Waals surface area contributed by atoms with Crippen LogP contribution in [0.2, 0.25) is 5.02 Å². The Bertz CT molecular complexity index is 1030. The van der Waals surface area contributed by atoms with E-state index in [0.717, 1.165) is 15.4 Å². The molecule has 30 heavy (non-hydrogen) atoms. The number of rotatable bonds is 5. The van der Waals surface area contributed by atoms with E-state index in [-0.39, 0.29) is 29.8 Å². The Morgan fingerprint density at radius 2 is 1.63 bits per heavy atom. The molecular weight excluding hydrogens is 430 g/mol. The van der Waals surface area contributed by atoms with E-state index in [4.69, 9.17) is 16.8 Å². The molecule has 3 rings (SSSR count). The Kier molecular flexibility index (Phi) is 6.77. The fraction of sp³-hybridized carbons (Fsp3) is 0.300. The van der Waals surface area contributed by atoms with E-state index in [0.29, 0.717) is 11.4 Å². The van der Waals surface area contributed by atoms with Crippen molar-refractivity contribution in [1.29, 1.82) is 0 Å². The van der Waals surface area contributed by atoms with E-state index in [9.17, 15) is 18.0 Å². The number of piperidine rings is 1. The monoisotopic (exact) mass is 451 g/mol. The van der Waals surface area contributed by atoms with Crippen molar-refractivity contribution < 1.29 is 23.2 Å². The molecule has 2 atom stereocenters. The zero-order valence-electron chi connectivity index (χ0n) is 16.2. The summed E-state index contributed by atoms with van der Waals surface area (Å²) in [4.78, 5) is 23.5. The Morgan fingerprint density at radius 3 is 2.17 bits per heavy atom. The first-order valence-electron chi connectivity index (χ1n) is 9.31. The summed E-state index contributed by atoms with van der Waals surface area (Å²) in [5, 5.41) is 12.4. The number of nitrogens with zero attached hydrogens (tertiary/aromatic N) is 1. The van der Waals surface area contributed by atoms with Gasteiger partial charge in [0.15, 0.2) is 0 Å². The second-order valence-electron chi connectivity index (χ2n) is 7.06. The van der Waals surface area contributed by atoms with Gasteiger partial charge in [0.1, 0.15) is 6.04 Å². The van der Waals surface area contributed by atoms with Crippen LogP contribution in [0, 0.1) is 0 Å². The summed E-state index contributed by atoms with van der Waals surface area (Å²) in [6.07, 6.45) is 0.422. The smallest absolute Gasteiger partial charge is 0.261 e. The standard InChI is InChI=1S/C20H22ClN3O5S/c1-13(25)22-17-10-11-24(19(12-17)20(26)23-27)30(28,29)18-8-4-15(5-9-18)14-2-6-16(21)7-3-14/h2-9,17,19,27H,10-12H2,1H3,(H,22,25)(H,23,26)/t17-,19-/m1/s1. The van der Waals surface area contributed by atoms with Crippen LogP contribution in [0.1, 0.15) is 19.8 Å². The van der Waals surface area contributed by atoms with Crippen molar-refractivity contribution in [1.82, 2.24) is 15.1 Å². The lowest BCUT2D eigenvalue weighted by atomic mass is 9.99. The van der Waals surface area contributed by atoms with Crippen LogP contribution < -0.4 is 10.8 Å². The average Bonchev–Trinajstić information content (AvgIpc) is 2.73. The minimum atomic E-state index is -4.00. The van der Waals surface area contributed by atoms with Crippen LogP contribution in [-0.4, -0.2) is 48.4 Å². The molecule has 3 N–H and O–H groups in total. The third-order valence-corrected chi connectivity index (χ3v) is 7.19. The highest BCUT2D eigenvalue weighted by atomic mass is 35.5. The normalized spacial score (nSPS) is 19.8. The van der Waals surface area contributed by atoms with Crippen molar-refractivity contribution in [2.75, 3.05) is 6.54 Å². The van der Waals surface area contributed by atoms with Gasteiger partial charge in [0.2, 0.25) is 15.9 Å². The third kappa shape index (κ3) is 4.81. The van der Waals surface area contributed by atoms with Crippen LogP contribution in [0.25, 0.3) is 11.1 Å². The first-order chi connectivity index (χ1) is 14.2. The van der Waals surface area contributed by atoms with E-state index >= 15 is 0 Å². The predicted octanol–water partition coefficient (Wildman–Crippen LogP) is 2.17. The molecule has 8 nitrogen and oxygen atoms in total. The number of carbonyl (C=O) groups is 2. The van der Waals surface area contributed by atoms with Gasteiger partial charge in [-0.25, -0.2) is 13.9 Å². The number of benzene rings is 2. The number of hydroxylamine groups is 1. The van der Waals surface area contributed by atoms with E-state index in [1.807, 2.05) is 12.1 Å². The van der Waals surface area contributed by atoms with Crippen LogP contribution in [0.5, 0.6) is 0 Å². The molecule has 1 aliphatic rings. The van der Waals surface area contributed by atoms with Crippen LogP contribution >= 0.6 is 11.6 Å². The minimum Gasteiger partial charge on any atom is -0.353 e. The van der Waals surface area contributed by atoms with Gasteiger partial charge in [-0.05, 0) is 48.2 Å². The molecule has 160 valence electrons. The van der Waals surface area contributed by atoms with Crippen molar-refractivity contribution in [3.05, 3.63) is 53.6 Å². The third-order valence-electron chi connectivity index (χ3n) is 5.01. The molecule has 1 fully saturated rings. The Labute approximate surface area is 179 Å². The number of amides is 2. The highest BCUT2D eigenvalue weighted by Crippen LogP contribution is 2.28. The van der Waals surface area contributed by atoms with Crippen molar-refractivity contribution >= 4 is 33.4 Å². The summed E-state index contributed by atoms with van der Waals surface area (Å²) < 4.78 is 27.5. The number of hydrogen-bond donors (Lipinski definition) is 3. The van der Waals surface area contributed by atoms with E-state index in [2.05, 4.69) is 5.32 Å². The molecule has 1 heterocycles. The first-order valence-corrected chi connectivity index (χ1v) is 11.1. The Morgan fingerprint density at radius 1 is 1.07 bits per heavy atom. The van der Waals surface area contributed by atoms with Crippen LogP contribution in [0.3, 0.4) is 0 Å². The molecule has 0 unspecified atom stereocenters. The van der Waals surface area contributed by atoms with Crippen molar-refractivity contribution in [2.45, 2.75) is 36.7 Å². The Hall–Kier alpha value is -2.46. The number of nitrogens with one attached hydrogen (secondary N) is 2. The van der Waals surface area contributed by atoms with Gasteiger partial charge in [-0.3, -0.25) is 14.8 Å². The maximum Gasteiger partial charge on any atom is 0.261 e. The summed E-state index contributed by atoms with van der Waals surface area (Å²) in [6, 6.07) is 12.0. The summed E-state index contributed by atoms with van der Waals surface area (Å²) in [6.45, 7) is 1.39. The number of halogens is 1. The quantitative estimate of drug-likeness (QED) is 0.476. The van der Waals surface area contributed by atoms with Gasteiger partial charge in [-0.1, -0.05) is 35.9 Å². The topological polar surface area (TPSA) is 116 Å². The van der Waals surface area contributed by atoms with Gasteiger partial charge in [-0.2, -0.15) is 4.31 Å². The zero-order valence-corrected chi connectivity index (χ0v) is 17.8. The van der Waals surface area contributed by atoms with E-state index in [1.165, 1.54) is 24.5 Å². The second kappa shape index (κ2) is 9.13. The lowest BCUT2D eigenvalue weighted by Gasteiger charge is -2.37. The molecule has 0 radical (unpaired) electrons. The average molecular weight is 452 g/mol. The number of sulfonamides is 1. The SMILES string of the molecule is CC(=O)N[C@@H]1CCN(S(=O)(=O)c2ccc(-c3ccc(Cl)cc3)cc2)[C@@H](C(=O)NO)C1. The molecule has 2 aromatic carbocycles. The lowest BCUT2D eigenvalue weighted by Crippen LogP contribution is -2.56. The molecule has 0 bridgehead atoms. The summed E-state index contributed by atoms with van der Waals surface area (Å²) in [7, 11) is -4.00. The van der Waals surface area contributed by atoms with Gasteiger partial charge < -0.3 is 5.32 Å². The van der Waals surface area contributed by atoms with Crippen molar-refractivity contribution in [3.63, 3.8) is 0 Å². The van der Waals surface area contributed by atoms with Crippen LogP contribution in [0.15, 0.2) is 53.4 Å². The van der Waals surface area contributed by atoms with E-state index in [1.54, 1.807) is 24.3 Å². The van der Waals surface area contributed by atoms with Gasteiger partial charge in [0.25, 0.3) is 5.91 Å². The maximum absolute atomic E-state index is 13.2. The molecule has 0 aromatic heterocycles. The number of carbonyl (C=O) groups excluding carboxylic acids is 2. The van der Waals surface area contributed by atoms with Gasteiger partial charge >= 0.3 is 0 Å².